The van der Waals surface area contributed by atoms with E-state index < -0.39 is 18.2 Å². The number of hydrogen-bond acceptors (Lipinski definition) is 3. The standard InChI is InChI=1S/C17H22N2O4/c1-2-3-4-5-8-11-18-16(22)13-9-6-7-10-14(13)19(17(18)23)12-15(20)21/h6-7,9-10H,2-5,8,11-12H2,1H3,(H,20,21). The van der Waals surface area contributed by atoms with Gasteiger partial charge in [-0.1, -0.05) is 44.7 Å². The third kappa shape index (κ3) is 3.88. The van der Waals surface area contributed by atoms with Crippen LogP contribution < -0.4 is 11.2 Å². The van der Waals surface area contributed by atoms with Gasteiger partial charge in [-0.15, -0.1) is 0 Å². The lowest BCUT2D eigenvalue weighted by Gasteiger charge is -2.12. The molecule has 0 aliphatic heterocycles. The molecule has 0 saturated heterocycles. The third-order valence-electron chi connectivity index (χ3n) is 3.91. The molecule has 0 unspecified atom stereocenters. The Labute approximate surface area is 134 Å². The van der Waals surface area contributed by atoms with Gasteiger partial charge in [-0.2, -0.15) is 0 Å². The fourth-order valence-corrected chi connectivity index (χ4v) is 2.73. The number of aromatic nitrogens is 2. The third-order valence-corrected chi connectivity index (χ3v) is 3.91. The van der Waals surface area contributed by atoms with E-state index in [0.717, 1.165) is 41.2 Å². The maximum atomic E-state index is 12.5. The van der Waals surface area contributed by atoms with Gasteiger partial charge in [0.2, 0.25) is 0 Å². The Morgan fingerprint density at radius 1 is 1.04 bits per heavy atom. The molecule has 0 saturated carbocycles. The van der Waals surface area contributed by atoms with E-state index in [4.69, 9.17) is 5.11 Å². The molecule has 0 bridgehead atoms. The molecule has 1 aromatic carbocycles. The minimum Gasteiger partial charge on any atom is -0.480 e. The first kappa shape index (κ1) is 17.0. The van der Waals surface area contributed by atoms with Gasteiger partial charge in [0.15, 0.2) is 0 Å². The molecule has 2 rings (SSSR count). The molecule has 0 radical (unpaired) electrons. The largest absolute Gasteiger partial charge is 0.480 e. The summed E-state index contributed by atoms with van der Waals surface area (Å²) in [5, 5.41) is 9.41. The molecule has 1 N–H and O–H groups in total. The molecule has 0 spiro atoms. The molecule has 0 aliphatic rings. The van der Waals surface area contributed by atoms with Crippen LogP contribution in [-0.4, -0.2) is 20.2 Å². The molecule has 23 heavy (non-hydrogen) atoms. The summed E-state index contributed by atoms with van der Waals surface area (Å²) in [6, 6.07) is 6.63. The topological polar surface area (TPSA) is 81.3 Å². The molecule has 1 aromatic heterocycles. The molecule has 0 aliphatic carbocycles. The van der Waals surface area contributed by atoms with Gasteiger partial charge in [-0.25, -0.2) is 4.79 Å². The molecule has 0 fully saturated rings. The van der Waals surface area contributed by atoms with Crippen molar-refractivity contribution in [2.75, 3.05) is 0 Å². The van der Waals surface area contributed by atoms with Gasteiger partial charge in [-0.05, 0) is 18.6 Å². The number of benzene rings is 1. The number of carboxylic acids is 1. The minimum atomic E-state index is -1.11. The van der Waals surface area contributed by atoms with Crippen molar-refractivity contribution in [1.29, 1.82) is 0 Å². The van der Waals surface area contributed by atoms with Crippen molar-refractivity contribution in [3.8, 4) is 0 Å². The van der Waals surface area contributed by atoms with Gasteiger partial charge in [0, 0.05) is 6.54 Å². The van der Waals surface area contributed by atoms with E-state index in [1.54, 1.807) is 24.3 Å². The van der Waals surface area contributed by atoms with Crippen molar-refractivity contribution in [1.82, 2.24) is 9.13 Å². The first-order valence-corrected chi connectivity index (χ1v) is 8.00. The number of carbonyl (C=O) groups is 1. The predicted molar refractivity (Wildman–Crippen MR) is 88.9 cm³/mol. The van der Waals surface area contributed by atoms with E-state index in [-0.39, 0.29) is 5.56 Å². The fraction of sp³-hybridized carbons (Fsp3) is 0.471. The fourth-order valence-electron chi connectivity index (χ4n) is 2.73. The molecule has 0 atom stereocenters. The second-order valence-electron chi connectivity index (χ2n) is 5.65. The van der Waals surface area contributed by atoms with Gasteiger partial charge >= 0.3 is 11.7 Å². The Morgan fingerprint density at radius 3 is 2.43 bits per heavy atom. The van der Waals surface area contributed by atoms with Crippen LogP contribution in [0.2, 0.25) is 0 Å². The van der Waals surface area contributed by atoms with Crippen molar-refractivity contribution in [2.24, 2.45) is 0 Å². The lowest BCUT2D eigenvalue weighted by molar-refractivity contribution is -0.137. The van der Waals surface area contributed by atoms with Crippen LogP contribution in [0.25, 0.3) is 10.9 Å². The van der Waals surface area contributed by atoms with Crippen LogP contribution in [0.5, 0.6) is 0 Å². The van der Waals surface area contributed by atoms with E-state index in [2.05, 4.69) is 6.92 Å². The maximum Gasteiger partial charge on any atom is 0.332 e. The zero-order chi connectivity index (χ0) is 16.8. The van der Waals surface area contributed by atoms with Crippen LogP contribution in [-0.2, 0) is 17.9 Å². The summed E-state index contributed by atoms with van der Waals surface area (Å²) in [5.74, 6) is -1.11. The number of nitrogens with zero attached hydrogens (tertiary/aromatic N) is 2. The molecule has 6 nitrogen and oxygen atoms in total. The Morgan fingerprint density at radius 2 is 1.74 bits per heavy atom. The summed E-state index contributed by atoms with van der Waals surface area (Å²) in [6.07, 6.45) is 5.02. The predicted octanol–water partition coefficient (Wildman–Crippen LogP) is 2.22. The summed E-state index contributed by atoms with van der Waals surface area (Å²) in [6.45, 7) is 2.00. The monoisotopic (exact) mass is 318 g/mol. The summed E-state index contributed by atoms with van der Waals surface area (Å²) in [4.78, 5) is 36.1. The van der Waals surface area contributed by atoms with Crippen molar-refractivity contribution in [3.05, 3.63) is 45.1 Å². The zero-order valence-corrected chi connectivity index (χ0v) is 13.3. The number of aliphatic carboxylic acids is 1. The van der Waals surface area contributed by atoms with Crippen LogP contribution in [0.3, 0.4) is 0 Å². The highest BCUT2D eigenvalue weighted by Gasteiger charge is 2.14. The molecule has 124 valence electrons. The quantitative estimate of drug-likeness (QED) is 0.757. The summed E-state index contributed by atoms with van der Waals surface area (Å²) in [5.41, 5.74) is -0.526. The highest BCUT2D eigenvalue weighted by Crippen LogP contribution is 2.08. The highest BCUT2D eigenvalue weighted by atomic mass is 16.4. The van der Waals surface area contributed by atoms with Gasteiger partial charge in [0.1, 0.15) is 6.54 Å². The van der Waals surface area contributed by atoms with Crippen molar-refractivity contribution in [2.45, 2.75) is 52.1 Å². The summed E-state index contributed by atoms with van der Waals surface area (Å²) in [7, 11) is 0. The molecule has 6 heteroatoms. The number of unbranched alkanes of at least 4 members (excludes halogenated alkanes) is 4. The highest BCUT2D eigenvalue weighted by molar-refractivity contribution is 5.79. The van der Waals surface area contributed by atoms with Crippen molar-refractivity contribution >= 4 is 16.9 Å². The van der Waals surface area contributed by atoms with Gasteiger partial charge < -0.3 is 5.11 Å². The second-order valence-corrected chi connectivity index (χ2v) is 5.65. The average Bonchev–Trinajstić information content (AvgIpc) is 2.54. The van der Waals surface area contributed by atoms with E-state index in [0.29, 0.717) is 17.4 Å². The Balaban J connectivity index is 2.42. The van der Waals surface area contributed by atoms with E-state index >= 15 is 0 Å². The molecule has 0 amide bonds. The SMILES string of the molecule is CCCCCCCn1c(=O)c2ccccc2n(CC(=O)O)c1=O. The van der Waals surface area contributed by atoms with Crippen molar-refractivity contribution < 1.29 is 9.90 Å². The van der Waals surface area contributed by atoms with Crippen LogP contribution >= 0.6 is 0 Å². The van der Waals surface area contributed by atoms with Crippen molar-refractivity contribution in [3.63, 3.8) is 0 Å². The summed E-state index contributed by atoms with van der Waals surface area (Å²) >= 11 is 0. The normalized spacial score (nSPS) is 11.0. The average molecular weight is 318 g/mol. The number of fused-ring (bicyclic) bond motifs is 1. The Kier molecular flexibility index (Phi) is 5.73. The van der Waals surface area contributed by atoms with E-state index in [1.807, 2.05) is 0 Å². The molecular weight excluding hydrogens is 296 g/mol. The minimum absolute atomic E-state index is 0.325. The van der Waals surface area contributed by atoms with Gasteiger partial charge in [-0.3, -0.25) is 18.7 Å². The number of para-hydroxylation sites is 1. The zero-order valence-electron chi connectivity index (χ0n) is 13.3. The van der Waals surface area contributed by atoms with Crippen LogP contribution in [0.4, 0.5) is 0 Å². The summed E-state index contributed by atoms with van der Waals surface area (Å²) < 4.78 is 2.32. The van der Waals surface area contributed by atoms with Gasteiger partial charge in [0.25, 0.3) is 5.56 Å². The van der Waals surface area contributed by atoms with E-state index in [1.165, 1.54) is 0 Å². The first-order chi connectivity index (χ1) is 11.1. The Hall–Kier alpha value is -2.37. The first-order valence-electron chi connectivity index (χ1n) is 8.00. The molecule has 1 heterocycles. The van der Waals surface area contributed by atoms with Gasteiger partial charge in [0.05, 0.1) is 10.9 Å². The van der Waals surface area contributed by atoms with Crippen LogP contribution in [0.15, 0.2) is 33.9 Å². The molecule has 2 aromatic rings. The number of rotatable bonds is 8. The van der Waals surface area contributed by atoms with Crippen LogP contribution in [0, 0.1) is 0 Å². The molecular formula is C17H22N2O4. The van der Waals surface area contributed by atoms with E-state index in [9.17, 15) is 14.4 Å². The smallest absolute Gasteiger partial charge is 0.332 e. The van der Waals surface area contributed by atoms with Crippen LogP contribution in [0.1, 0.15) is 39.0 Å². The number of carboxylic acid groups (broad SMARTS) is 1. The maximum absolute atomic E-state index is 12.5. The lowest BCUT2D eigenvalue weighted by Crippen LogP contribution is -2.41. The lowest BCUT2D eigenvalue weighted by atomic mass is 10.1. The Bertz CT molecular complexity index is 804. The number of hydrogen-bond donors (Lipinski definition) is 1. The second kappa shape index (κ2) is 7.76.